The lowest BCUT2D eigenvalue weighted by atomic mass is 10.1. The van der Waals surface area contributed by atoms with E-state index in [1.165, 1.54) is 0 Å². The summed E-state index contributed by atoms with van der Waals surface area (Å²) in [5.41, 5.74) is 1.37. The van der Waals surface area contributed by atoms with Crippen LogP contribution in [0.4, 0.5) is 8.78 Å². The first kappa shape index (κ1) is 9.59. The zero-order chi connectivity index (χ0) is 10.3. The van der Waals surface area contributed by atoms with Gasteiger partial charge in [0.25, 0.3) is 0 Å². The van der Waals surface area contributed by atoms with Crippen LogP contribution in [0, 0.1) is 17.6 Å². The van der Waals surface area contributed by atoms with Crippen molar-refractivity contribution in [2.75, 3.05) is 0 Å². The highest BCUT2D eigenvalue weighted by molar-refractivity contribution is 6.64. The molecule has 0 saturated heterocycles. The van der Waals surface area contributed by atoms with Crippen molar-refractivity contribution in [3.05, 3.63) is 34.9 Å². The SMILES string of the molecule is O=C(Cl)C1Cc2cc(F)c(F)cc2C1. The van der Waals surface area contributed by atoms with Gasteiger partial charge in [0.1, 0.15) is 0 Å². The third kappa shape index (κ3) is 1.52. The van der Waals surface area contributed by atoms with Gasteiger partial charge in [-0.25, -0.2) is 8.78 Å². The highest BCUT2D eigenvalue weighted by Crippen LogP contribution is 2.29. The number of carbonyl (C=O) groups excluding carboxylic acids is 1. The van der Waals surface area contributed by atoms with Gasteiger partial charge in [0.15, 0.2) is 11.6 Å². The van der Waals surface area contributed by atoms with Crippen molar-refractivity contribution >= 4 is 16.8 Å². The molecule has 0 aliphatic heterocycles. The van der Waals surface area contributed by atoms with E-state index in [1.54, 1.807) is 0 Å². The van der Waals surface area contributed by atoms with Gasteiger partial charge in [0.05, 0.1) is 0 Å². The zero-order valence-corrected chi connectivity index (χ0v) is 7.94. The summed E-state index contributed by atoms with van der Waals surface area (Å²) in [6.07, 6.45) is 0.823. The molecule has 1 aliphatic rings. The lowest BCUT2D eigenvalue weighted by Crippen LogP contribution is -2.07. The minimum absolute atomic E-state index is 0.326. The topological polar surface area (TPSA) is 17.1 Å². The first-order chi connectivity index (χ1) is 6.58. The molecule has 2 rings (SSSR count). The summed E-state index contributed by atoms with van der Waals surface area (Å²) in [4.78, 5) is 10.9. The van der Waals surface area contributed by atoms with Crippen molar-refractivity contribution in [3.8, 4) is 0 Å². The molecule has 0 amide bonds. The fraction of sp³-hybridized carbons (Fsp3) is 0.300. The van der Waals surface area contributed by atoms with Gasteiger partial charge in [-0.15, -0.1) is 0 Å². The predicted octanol–water partition coefficient (Wildman–Crippen LogP) is 2.45. The van der Waals surface area contributed by atoms with E-state index >= 15 is 0 Å². The van der Waals surface area contributed by atoms with E-state index in [0.717, 1.165) is 12.1 Å². The van der Waals surface area contributed by atoms with Crippen molar-refractivity contribution in [2.45, 2.75) is 12.8 Å². The summed E-state index contributed by atoms with van der Waals surface area (Å²) in [5, 5.41) is -0.443. The van der Waals surface area contributed by atoms with E-state index in [4.69, 9.17) is 11.6 Å². The fourth-order valence-corrected chi connectivity index (χ4v) is 1.93. The summed E-state index contributed by atoms with van der Waals surface area (Å²) in [7, 11) is 0. The van der Waals surface area contributed by atoms with E-state index in [9.17, 15) is 13.6 Å². The molecule has 0 bridgehead atoms. The largest absolute Gasteiger partial charge is 0.281 e. The summed E-state index contributed by atoms with van der Waals surface area (Å²) >= 11 is 5.33. The summed E-state index contributed by atoms with van der Waals surface area (Å²) < 4.78 is 25.6. The molecule has 1 nitrogen and oxygen atoms in total. The molecular formula is C10H7ClF2O. The molecule has 0 aromatic heterocycles. The van der Waals surface area contributed by atoms with Gasteiger partial charge in [-0.05, 0) is 47.7 Å². The average molecular weight is 217 g/mol. The Labute approximate surface area is 84.7 Å². The first-order valence-corrected chi connectivity index (χ1v) is 4.62. The van der Waals surface area contributed by atoms with Gasteiger partial charge in [-0.2, -0.15) is 0 Å². The maximum Gasteiger partial charge on any atom is 0.225 e. The minimum Gasteiger partial charge on any atom is -0.281 e. The van der Waals surface area contributed by atoms with Crippen molar-refractivity contribution < 1.29 is 13.6 Å². The maximum atomic E-state index is 12.8. The molecule has 0 unspecified atom stereocenters. The van der Waals surface area contributed by atoms with E-state index in [1.807, 2.05) is 0 Å². The Morgan fingerprint density at radius 1 is 1.21 bits per heavy atom. The van der Waals surface area contributed by atoms with E-state index in [-0.39, 0.29) is 5.92 Å². The summed E-state index contributed by atoms with van der Waals surface area (Å²) in [6, 6.07) is 2.29. The standard InChI is InChI=1S/C10H7ClF2O/c11-10(14)7-1-5-3-8(12)9(13)4-6(5)2-7/h3-4,7H,1-2H2. The third-order valence-corrected chi connectivity index (χ3v) is 2.80. The molecule has 14 heavy (non-hydrogen) atoms. The number of rotatable bonds is 1. The molecule has 1 aliphatic carbocycles. The highest BCUT2D eigenvalue weighted by atomic mass is 35.5. The Balaban J connectivity index is 2.36. The second kappa shape index (κ2) is 3.31. The summed E-state index contributed by atoms with van der Waals surface area (Å²) in [5.74, 6) is -2.06. The van der Waals surface area contributed by atoms with Crippen LogP contribution in [0.25, 0.3) is 0 Å². The molecule has 0 radical (unpaired) electrons. The lowest BCUT2D eigenvalue weighted by Gasteiger charge is -1.98. The molecule has 0 heterocycles. The van der Waals surface area contributed by atoms with Crippen LogP contribution in [0.3, 0.4) is 0 Å². The zero-order valence-electron chi connectivity index (χ0n) is 7.19. The molecule has 0 spiro atoms. The molecule has 1 aromatic rings. The van der Waals surface area contributed by atoms with Crippen molar-refractivity contribution in [1.29, 1.82) is 0 Å². The van der Waals surface area contributed by atoms with E-state index < -0.39 is 16.9 Å². The van der Waals surface area contributed by atoms with Crippen molar-refractivity contribution in [3.63, 3.8) is 0 Å². The molecule has 4 heteroatoms. The minimum atomic E-state index is -0.869. The quantitative estimate of drug-likeness (QED) is 0.659. The smallest absolute Gasteiger partial charge is 0.225 e. The monoisotopic (exact) mass is 216 g/mol. The molecule has 0 atom stereocenters. The number of fused-ring (bicyclic) bond motifs is 1. The van der Waals surface area contributed by atoms with Crippen LogP contribution in [0.2, 0.25) is 0 Å². The molecule has 0 fully saturated rings. The Morgan fingerprint density at radius 2 is 1.64 bits per heavy atom. The molecule has 0 N–H and O–H groups in total. The van der Waals surface area contributed by atoms with Gasteiger partial charge in [-0.1, -0.05) is 0 Å². The second-order valence-corrected chi connectivity index (χ2v) is 3.82. The van der Waals surface area contributed by atoms with E-state index in [2.05, 4.69) is 0 Å². The molecular weight excluding hydrogens is 210 g/mol. The van der Waals surface area contributed by atoms with Crippen LogP contribution >= 0.6 is 11.6 Å². The average Bonchev–Trinajstić information content (AvgIpc) is 2.48. The van der Waals surface area contributed by atoms with Gasteiger partial charge >= 0.3 is 0 Å². The number of carbonyl (C=O) groups is 1. The van der Waals surface area contributed by atoms with Crippen LogP contribution in [-0.4, -0.2) is 5.24 Å². The second-order valence-electron chi connectivity index (χ2n) is 3.44. The van der Waals surface area contributed by atoms with Crippen molar-refractivity contribution in [1.82, 2.24) is 0 Å². The Bertz CT molecular complexity index is 372. The van der Waals surface area contributed by atoms with Crippen LogP contribution < -0.4 is 0 Å². The van der Waals surface area contributed by atoms with Crippen molar-refractivity contribution in [2.24, 2.45) is 5.92 Å². The first-order valence-electron chi connectivity index (χ1n) is 4.24. The number of hydrogen-bond acceptors (Lipinski definition) is 1. The third-order valence-electron chi connectivity index (χ3n) is 2.50. The Morgan fingerprint density at radius 3 is 2.00 bits per heavy atom. The normalized spacial score (nSPS) is 15.6. The molecule has 1 aromatic carbocycles. The number of hydrogen-bond donors (Lipinski definition) is 0. The maximum absolute atomic E-state index is 12.8. The van der Waals surface area contributed by atoms with Gasteiger partial charge < -0.3 is 0 Å². The van der Waals surface area contributed by atoms with Gasteiger partial charge in [-0.3, -0.25) is 4.79 Å². The number of halogens is 3. The lowest BCUT2D eigenvalue weighted by molar-refractivity contribution is -0.114. The summed E-state index contributed by atoms with van der Waals surface area (Å²) in [6.45, 7) is 0. The Hall–Kier alpha value is -0.960. The molecule has 0 saturated carbocycles. The fourth-order valence-electron chi connectivity index (χ4n) is 1.77. The van der Waals surface area contributed by atoms with Crippen LogP contribution in [0.15, 0.2) is 12.1 Å². The van der Waals surface area contributed by atoms with E-state index in [0.29, 0.717) is 24.0 Å². The van der Waals surface area contributed by atoms with Gasteiger partial charge in [0.2, 0.25) is 5.24 Å². The van der Waals surface area contributed by atoms with Crippen LogP contribution in [-0.2, 0) is 17.6 Å². The number of benzene rings is 1. The van der Waals surface area contributed by atoms with Crippen LogP contribution in [0.1, 0.15) is 11.1 Å². The predicted molar refractivity (Wildman–Crippen MR) is 48.1 cm³/mol. The molecule has 74 valence electrons. The highest BCUT2D eigenvalue weighted by Gasteiger charge is 2.27. The van der Waals surface area contributed by atoms with Crippen LogP contribution in [0.5, 0.6) is 0 Å². The van der Waals surface area contributed by atoms with Gasteiger partial charge in [0, 0.05) is 5.92 Å². The Kier molecular flexibility index (Phi) is 2.27.